The van der Waals surface area contributed by atoms with Crippen LogP contribution >= 0.6 is 15.9 Å². The first kappa shape index (κ1) is 15.7. The van der Waals surface area contributed by atoms with Gasteiger partial charge in [0.2, 0.25) is 0 Å². The molecule has 0 fully saturated rings. The predicted molar refractivity (Wildman–Crippen MR) is 94.9 cm³/mol. The number of rotatable bonds is 6. The summed E-state index contributed by atoms with van der Waals surface area (Å²) in [5.41, 5.74) is 0.758. The number of para-hydroxylation sites is 2. The number of nitrogens with zero attached hydrogens (tertiary/aromatic N) is 2. The number of halogens is 1. The molecule has 0 unspecified atom stereocenters. The van der Waals surface area contributed by atoms with Crippen molar-refractivity contribution in [2.24, 2.45) is 0 Å². The molecule has 0 aliphatic heterocycles. The third kappa shape index (κ3) is 3.79. The molecule has 2 aromatic carbocycles. The highest BCUT2D eigenvalue weighted by Gasteiger charge is 2.03. The summed E-state index contributed by atoms with van der Waals surface area (Å²) in [6, 6.07) is 15.2. The number of benzene rings is 2. The van der Waals surface area contributed by atoms with E-state index in [-0.39, 0.29) is 5.56 Å². The average molecular weight is 373 g/mol. The fraction of sp³-hybridized carbons (Fsp3) is 0.222. The first-order valence-electron chi connectivity index (χ1n) is 7.57. The van der Waals surface area contributed by atoms with Crippen LogP contribution in [0.5, 0.6) is 5.75 Å². The lowest BCUT2D eigenvalue weighted by Gasteiger charge is -2.09. The van der Waals surface area contributed by atoms with E-state index < -0.39 is 0 Å². The number of aromatic nitrogens is 2. The van der Waals surface area contributed by atoms with E-state index in [0.717, 1.165) is 28.6 Å². The molecule has 0 aliphatic carbocycles. The number of unbranched alkanes of at least 4 members (excludes halogenated alkanes) is 1. The summed E-state index contributed by atoms with van der Waals surface area (Å²) in [6.45, 7) is 1.27. The van der Waals surface area contributed by atoms with Gasteiger partial charge in [-0.2, -0.15) is 0 Å². The fourth-order valence-corrected chi connectivity index (χ4v) is 2.79. The van der Waals surface area contributed by atoms with Crippen LogP contribution in [0.2, 0.25) is 0 Å². The van der Waals surface area contributed by atoms with E-state index in [2.05, 4.69) is 20.9 Å². The molecule has 0 bridgehead atoms. The molecule has 0 N–H and O–H groups in total. The van der Waals surface area contributed by atoms with Crippen LogP contribution in [0.3, 0.4) is 0 Å². The first-order chi connectivity index (χ1) is 11.3. The molecule has 0 aliphatic rings. The van der Waals surface area contributed by atoms with Gasteiger partial charge in [-0.1, -0.05) is 24.3 Å². The molecule has 1 aromatic heterocycles. The fourth-order valence-electron chi connectivity index (χ4n) is 2.39. The standard InChI is InChI=1S/C18H17BrN2O2/c19-15-8-2-4-10-17(15)23-12-6-5-11-21-13-20-16-9-3-1-7-14(16)18(21)22/h1-4,7-10,13H,5-6,11-12H2. The van der Waals surface area contributed by atoms with Crippen molar-refractivity contribution >= 4 is 26.8 Å². The van der Waals surface area contributed by atoms with Crippen molar-refractivity contribution in [3.8, 4) is 5.75 Å². The lowest BCUT2D eigenvalue weighted by atomic mass is 10.2. The lowest BCUT2D eigenvalue weighted by molar-refractivity contribution is 0.301. The van der Waals surface area contributed by atoms with E-state index in [1.54, 1.807) is 10.9 Å². The van der Waals surface area contributed by atoms with Crippen LogP contribution in [-0.4, -0.2) is 16.2 Å². The molecule has 0 amide bonds. The van der Waals surface area contributed by atoms with Crippen LogP contribution in [0, 0.1) is 0 Å². The summed E-state index contributed by atoms with van der Waals surface area (Å²) in [5, 5.41) is 0.666. The highest BCUT2D eigenvalue weighted by Crippen LogP contribution is 2.23. The van der Waals surface area contributed by atoms with Gasteiger partial charge in [-0.05, 0) is 53.0 Å². The summed E-state index contributed by atoms with van der Waals surface area (Å²) >= 11 is 3.46. The molecule has 3 aromatic rings. The largest absolute Gasteiger partial charge is 0.492 e. The van der Waals surface area contributed by atoms with Crippen molar-refractivity contribution in [3.63, 3.8) is 0 Å². The minimum absolute atomic E-state index is 0.0160. The van der Waals surface area contributed by atoms with E-state index >= 15 is 0 Å². The Labute approximate surface area is 142 Å². The van der Waals surface area contributed by atoms with Crippen LogP contribution in [-0.2, 0) is 6.54 Å². The summed E-state index contributed by atoms with van der Waals surface area (Å²) in [6.07, 6.45) is 3.37. The topological polar surface area (TPSA) is 44.1 Å². The number of ether oxygens (including phenoxy) is 1. The van der Waals surface area contributed by atoms with Gasteiger partial charge in [0.15, 0.2) is 0 Å². The average Bonchev–Trinajstić information content (AvgIpc) is 2.58. The van der Waals surface area contributed by atoms with Gasteiger partial charge < -0.3 is 4.74 Å². The summed E-state index contributed by atoms with van der Waals surface area (Å²) in [5.74, 6) is 0.844. The third-order valence-corrected chi connectivity index (χ3v) is 4.27. The zero-order valence-corrected chi connectivity index (χ0v) is 14.2. The van der Waals surface area contributed by atoms with Crippen LogP contribution in [0.1, 0.15) is 12.8 Å². The molecule has 5 heteroatoms. The molecule has 0 saturated heterocycles. The van der Waals surface area contributed by atoms with Gasteiger partial charge in [0.25, 0.3) is 5.56 Å². The predicted octanol–water partition coefficient (Wildman–Crippen LogP) is 4.02. The van der Waals surface area contributed by atoms with Crippen LogP contribution in [0.4, 0.5) is 0 Å². The van der Waals surface area contributed by atoms with Crippen molar-refractivity contribution < 1.29 is 4.74 Å². The van der Waals surface area contributed by atoms with Crippen LogP contribution < -0.4 is 10.3 Å². The molecular formula is C18H17BrN2O2. The Bertz CT molecular complexity index is 861. The SMILES string of the molecule is O=c1c2ccccc2ncn1CCCCOc1ccccc1Br. The number of aryl methyl sites for hydroxylation is 1. The number of fused-ring (bicyclic) bond motifs is 1. The summed E-state index contributed by atoms with van der Waals surface area (Å²) in [7, 11) is 0. The van der Waals surface area contributed by atoms with E-state index in [4.69, 9.17) is 4.74 Å². The minimum Gasteiger partial charge on any atom is -0.492 e. The monoisotopic (exact) mass is 372 g/mol. The number of hydrogen-bond donors (Lipinski definition) is 0. The minimum atomic E-state index is 0.0160. The van der Waals surface area contributed by atoms with Gasteiger partial charge in [-0.3, -0.25) is 9.36 Å². The van der Waals surface area contributed by atoms with Crippen molar-refractivity contribution in [2.45, 2.75) is 19.4 Å². The van der Waals surface area contributed by atoms with E-state index in [9.17, 15) is 4.79 Å². The Morgan fingerprint density at radius 1 is 1.04 bits per heavy atom. The first-order valence-corrected chi connectivity index (χ1v) is 8.36. The molecule has 0 radical (unpaired) electrons. The highest BCUT2D eigenvalue weighted by molar-refractivity contribution is 9.10. The summed E-state index contributed by atoms with van der Waals surface area (Å²) in [4.78, 5) is 16.7. The third-order valence-electron chi connectivity index (χ3n) is 3.62. The number of hydrogen-bond acceptors (Lipinski definition) is 3. The van der Waals surface area contributed by atoms with Gasteiger partial charge in [-0.15, -0.1) is 0 Å². The van der Waals surface area contributed by atoms with Gasteiger partial charge in [0.1, 0.15) is 5.75 Å². The maximum atomic E-state index is 12.3. The molecule has 0 saturated carbocycles. The van der Waals surface area contributed by atoms with E-state index in [1.165, 1.54) is 0 Å². The Hall–Kier alpha value is -2.14. The smallest absolute Gasteiger partial charge is 0.261 e. The molecule has 0 atom stereocenters. The van der Waals surface area contributed by atoms with Gasteiger partial charge in [-0.25, -0.2) is 4.98 Å². The van der Waals surface area contributed by atoms with E-state index in [1.807, 2.05) is 48.5 Å². The molecule has 23 heavy (non-hydrogen) atoms. The molecule has 0 spiro atoms. The molecule has 1 heterocycles. The Morgan fingerprint density at radius 3 is 2.70 bits per heavy atom. The van der Waals surface area contributed by atoms with Gasteiger partial charge in [0, 0.05) is 6.54 Å². The highest BCUT2D eigenvalue weighted by atomic mass is 79.9. The second-order valence-corrected chi connectivity index (χ2v) is 6.10. The maximum Gasteiger partial charge on any atom is 0.261 e. The Morgan fingerprint density at radius 2 is 1.83 bits per heavy atom. The normalized spacial score (nSPS) is 10.8. The second-order valence-electron chi connectivity index (χ2n) is 5.25. The molecule has 3 rings (SSSR count). The zero-order valence-electron chi connectivity index (χ0n) is 12.6. The van der Waals surface area contributed by atoms with Crippen molar-refractivity contribution in [1.29, 1.82) is 0 Å². The van der Waals surface area contributed by atoms with Crippen molar-refractivity contribution in [2.75, 3.05) is 6.61 Å². The van der Waals surface area contributed by atoms with Crippen molar-refractivity contribution in [3.05, 3.63) is 69.7 Å². The van der Waals surface area contributed by atoms with E-state index in [0.29, 0.717) is 18.5 Å². The lowest BCUT2D eigenvalue weighted by Crippen LogP contribution is -2.20. The maximum absolute atomic E-state index is 12.3. The summed E-state index contributed by atoms with van der Waals surface area (Å²) < 4.78 is 8.35. The Kier molecular flexibility index (Phi) is 5.08. The van der Waals surface area contributed by atoms with Gasteiger partial charge >= 0.3 is 0 Å². The second kappa shape index (κ2) is 7.42. The molecular weight excluding hydrogens is 356 g/mol. The Balaban J connectivity index is 1.54. The molecule has 118 valence electrons. The van der Waals surface area contributed by atoms with Crippen LogP contribution in [0.25, 0.3) is 10.9 Å². The van der Waals surface area contributed by atoms with Crippen molar-refractivity contribution in [1.82, 2.24) is 9.55 Å². The zero-order chi connectivity index (χ0) is 16.1. The van der Waals surface area contributed by atoms with Crippen LogP contribution in [0.15, 0.2) is 64.1 Å². The van der Waals surface area contributed by atoms with Gasteiger partial charge in [0.05, 0.1) is 28.3 Å². The quantitative estimate of drug-likeness (QED) is 0.613. The molecule has 4 nitrogen and oxygen atoms in total.